The van der Waals surface area contributed by atoms with Gasteiger partial charge in [0.2, 0.25) is 0 Å². The van der Waals surface area contributed by atoms with Crippen LogP contribution in [0.2, 0.25) is 0 Å². The lowest BCUT2D eigenvalue weighted by Gasteiger charge is -2.23. The first kappa shape index (κ1) is 22.9. The second-order valence-electron chi connectivity index (χ2n) is 7.65. The molecule has 33 heavy (non-hydrogen) atoms. The number of nitrogens with zero attached hydrogens (tertiary/aromatic N) is 1. The summed E-state index contributed by atoms with van der Waals surface area (Å²) >= 11 is 5.50. The Morgan fingerprint density at radius 3 is 2.27 bits per heavy atom. The molecule has 3 aromatic carbocycles. The van der Waals surface area contributed by atoms with E-state index in [0.717, 1.165) is 37.3 Å². The van der Waals surface area contributed by atoms with Crippen LogP contribution in [0.5, 0.6) is 5.75 Å². The van der Waals surface area contributed by atoms with E-state index in [1.54, 1.807) is 43.5 Å². The predicted octanol–water partition coefficient (Wildman–Crippen LogP) is 4.91. The molecule has 172 valence electrons. The molecule has 0 spiro atoms. The largest absolute Gasteiger partial charge is 0.497 e. The van der Waals surface area contributed by atoms with Crippen molar-refractivity contribution in [2.45, 2.75) is 17.7 Å². The zero-order valence-corrected chi connectivity index (χ0v) is 19.9. The standard InChI is InChI=1S/C24H26N4O3S2/c1-31-20-11-9-19(10-12-20)27-33(29,30)21-13-14-23(28-15-5-6-16-28)22(17-21)26-24(32)25-18-7-3-2-4-8-18/h2-4,7-14,17,27H,5-6,15-16H2,1H3,(H2,25,26,32). The number of nitrogens with one attached hydrogen (secondary N) is 3. The predicted molar refractivity (Wildman–Crippen MR) is 138 cm³/mol. The molecular weight excluding hydrogens is 456 g/mol. The molecule has 0 unspecified atom stereocenters. The Hall–Kier alpha value is -3.30. The maximum absolute atomic E-state index is 13.1. The lowest BCUT2D eigenvalue weighted by atomic mass is 10.2. The van der Waals surface area contributed by atoms with Crippen molar-refractivity contribution >= 4 is 50.1 Å². The van der Waals surface area contributed by atoms with E-state index >= 15 is 0 Å². The van der Waals surface area contributed by atoms with Crippen LogP contribution in [-0.2, 0) is 10.0 Å². The lowest BCUT2D eigenvalue weighted by Crippen LogP contribution is -2.24. The van der Waals surface area contributed by atoms with Crippen molar-refractivity contribution < 1.29 is 13.2 Å². The van der Waals surface area contributed by atoms with Gasteiger partial charge < -0.3 is 20.3 Å². The van der Waals surface area contributed by atoms with Gasteiger partial charge in [-0.25, -0.2) is 8.42 Å². The zero-order valence-electron chi connectivity index (χ0n) is 18.2. The smallest absolute Gasteiger partial charge is 0.261 e. The van der Waals surface area contributed by atoms with Gasteiger partial charge in [0, 0.05) is 24.5 Å². The maximum atomic E-state index is 13.1. The Morgan fingerprint density at radius 1 is 0.909 bits per heavy atom. The summed E-state index contributed by atoms with van der Waals surface area (Å²) in [6, 6.07) is 21.4. The number of thiocarbonyl (C=S) groups is 1. The van der Waals surface area contributed by atoms with Crippen LogP contribution in [0.15, 0.2) is 77.7 Å². The summed E-state index contributed by atoms with van der Waals surface area (Å²) in [6.07, 6.45) is 2.20. The van der Waals surface area contributed by atoms with Gasteiger partial charge in [-0.05, 0) is 79.7 Å². The van der Waals surface area contributed by atoms with Crippen LogP contribution in [0.4, 0.5) is 22.7 Å². The number of methoxy groups -OCH3 is 1. The number of benzene rings is 3. The first-order chi connectivity index (χ1) is 15.9. The van der Waals surface area contributed by atoms with Crippen molar-refractivity contribution in [2.75, 3.05) is 40.5 Å². The summed E-state index contributed by atoms with van der Waals surface area (Å²) in [4.78, 5) is 2.38. The van der Waals surface area contributed by atoms with Crippen LogP contribution in [0.25, 0.3) is 0 Å². The topological polar surface area (TPSA) is 82.7 Å². The number of ether oxygens (including phenoxy) is 1. The zero-order chi connectivity index (χ0) is 23.3. The van der Waals surface area contributed by atoms with Crippen LogP contribution in [0, 0.1) is 0 Å². The Kier molecular flexibility index (Phi) is 7.00. The van der Waals surface area contributed by atoms with Gasteiger partial charge >= 0.3 is 0 Å². The highest BCUT2D eigenvalue weighted by Crippen LogP contribution is 2.32. The van der Waals surface area contributed by atoms with Gasteiger partial charge in [0.25, 0.3) is 10.0 Å². The Morgan fingerprint density at radius 2 is 1.61 bits per heavy atom. The molecule has 0 saturated carbocycles. The van der Waals surface area contributed by atoms with Crippen LogP contribution < -0.4 is 25.0 Å². The first-order valence-corrected chi connectivity index (χ1v) is 12.5. The summed E-state index contributed by atoms with van der Waals surface area (Å²) in [5, 5.41) is 6.73. The van der Waals surface area contributed by atoms with Gasteiger partial charge in [-0.15, -0.1) is 0 Å². The van der Waals surface area contributed by atoms with E-state index in [-0.39, 0.29) is 4.90 Å². The fourth-order valence-corrected chi connectivity index (χ4v) is 5.01. The molecule has 0 radical (unpaired) electrons. The SMILES string of the molecule is COc1ccc(NS(=O)(=O)c2ccc(N3CCCC3)c(NC(=S)Nc3ccccc3)c2)cc1. The molecule has 7 nitrogen and oxygen atoms in total. The summed E-state index contributed by atoms with van der Waals surface area (Å²) in [7, 11) is -2.24. The van der Waals surface area contributed by atoms with E-state index in [1.807, 2.05) is 36.4 Å². The van der Waals surface area contributed by atoms with E-state index in [1.165, 1.54) is 0 Å². The minimum atomic E-state index is -3.80. The van der Waals surface area contributed by atoms with E-state index in [0.29, 0.717) is 22.2 Å². The number of hydrogen-bond donors (Lipinski definition) is 3. The highest BCUT2D eigenvalue weighted by Gasteiger charge is 2.21. The van der Waals surface area contributed by atoms with Crippen molar-refractivity contribution in [1.29, 1.82) is 0 Å². The number of hydrogen-bond acceptors (Lipinski definition) is 5. The van der Waals surface area contributed by atoms with Crippen molar-refractivity contribution in [3.05, 3.63) is 72.8 Å². The Labute approximate surface area is 199 Å². The van der Waals surface area contributed by atoms with Crippen molar-refractivity contribution in [2.24, 2.45) is 0 Å². The fraction of sp³-hybridized carbons (Fsp3) is 0.208. The molecular formula is C24H26N4O3S2. The molecule has 1 aliphatic heterocycles. The summed E-state index contributed by atoms with van der Waals surface area (Å²) < 4.78 is 33.9. The van der Waals surface area contributed by atoms with Crippen LogP contribution in [0.1, 0.15) is 12.8 Å². The van der Waals surface area contributed by atoms with E-state index in [2.05, 4.69) is 20.3 Å². The number of para-hydroxylation sites is 1. The van der Waals surface area contributed by atoms with Crippen molar-refractivity contribution in [3.8, 4) is 5.75 Å². The molecule has 4 rings (SSSR count). The monoisotopic (exact) mass is 482 g/mol. The highest BCUT2D eigenvalue weighted by atomic mass is 32.2. The molecule has 0 aliphatic carbocycles. The Balaban J connectivity index is 1.60. The third-order valence-corrected chi connectivity index (χ3v) is 6.93. The van der Waals surface area contributed by atoms with E-state index in [9.17, 15) is 8.42 Å². The third kappa shape index (κ3) is 5.74. The molecule has 1 heterocycles. The van der Waals surface area contributed by atoms with Gasteiger partial charge in [-0.3, -0.25) is 4.72 Å². The van der Waals surface area contributed by atoms with Gasteiger partial charge in [-0.1, -0.05) is 18.2 Å². The summed E-state index contributed by atoms with van der Waals surface area (Å²) in [5.74, 6) is 0.652. The Bertz CT molecular complexity index is 1210. The number of rotatable bonds is 7. The molecule has 1 aliphatic rings. The minimum Gasteiger partial charge on any atom is -0.497 e. The second-order valence-corrected chi connectivity index (χ2v) is 9.74. The van der Waals surface area contributed by atoms with Crippen molar-refractivity contribution in [3.63, 3.8) is 0 Å². The number of anilines is 4. The average molecular weight is 483 g/mol. The van der Waals surface area contributed by atoms with Gasteiger partial charge in [0.05, 0.1) is 23.4 Å². The summed E-state index contributed by atoms with van der Waals surface area (Å²) in [5.41, 5.74) is 2.87. The lowest BCUT2D eigenvalue weighted by molar-refractivity contribution is 0.415. The quantitative estimate of drug-likeness (QED) is 0.413. The normalized spacial score (nSPS) is 13.4. The molecule has 3 aromatic rings. The highest BCUT2D eigenvalue weighted by molar-refractivity contribution is 7.92. The molecule has 0 atom stereocenters. The van der Waals surface area contributed by atoms with Gasteiger partial charge in [-0.2, -0.15) is 0 Å². The van der Waals surface area contributed by atoms with Crippen LogP contribution in [-0.4, -0.2) is 33.7 Å². The molecule has 3 N–H and O–H groups in total. The minimum absolute atomic E-state index is 0.145. The van der Waals surface area contributed by atoms with E-state index in [4.69, 9.17) is 17.0 Å². The third-order valence-electron chi connectivity index (χ3n) is 5.35. The van der Waals surface area contributed by atoms with Crippen LogP contribution in [0.3, 0.4) is 0 Å². The molecule has 0 amide bonds. The molecule has 1 saturated heterocycles. The average Bonchev–Trinajstić information content (AvgIpc) is 3.35. The molecule has 0 aromatic heterocycles. The van der Waals surface area contributed by atoms with Gasteiger partial charge in [0.15, 0.2) is 5.11 Å². The molecule has 1 fully saturated rings. The maximum Gasteiger partial charge on any atom is 0.261 e. The second kappa shape index (κ2) is 10.1. The van der Waals surface area contributed by atoms with Gasteiger partial charge in [0.1, 0.15) is 5.75 Å². The van der Waals surface area contributed by atoms with E-state index < -0.39 is 10.0 Å². The number of sulfonamides is 1. The molecule has 0 bridgehead atoms. The fourth-order valence-electron chi connectivity index (χ4n) is 3.70. The first-order valence-electron chi connectivity index (χ1n) is 10.6. The van der Waals surface area contributed by atoms with Crippen LogP contribution >= 0.6 is 12.2 Å². The summed E-state index contributed by atoms with van der Waals surface area (Å²) in [6.45, 7) is 1.84. The molecule has 9 heteroatoms. The van der Waals surface area contributed by atoms with Crippen molar-refractivity contribution in [1.82, 2.24) is 0 Å².